The summed E-state index contributed by atoms with van der Waals surface area (Å²) in [5, 5.41) is 0. The maximum Gasteiger partial charge on any atom is 0.328 e. The molecule has 1 aromatic rings. The molecule has 18 heavy (non-hydrogen) atoms. The number of esters is 2. The summed E-state index contributed by atoms with van der Waals surface area (Å²) in [6, 6.07) is 7.14. The molecule has 0 unspecified atom stereocenters. The third kappa shape index (κ3) is 3.09. The molecule has 0 N–H and O–H groups in total. The van der Waals surface area contributed by atoms with Crippen LogP contribution in [0.25, 0.3) is 0 Å². The van der Waals surface area contributed by atoms with E-state index in [1.54, 1.807) is 19.1 Å². The predicted octanol–water partition coefficient (Wildman–Crippen LogP) is 2.49. The molecule has 98 valence electrons. The van der Waals surface area contributed by atoms with E-state index in [-0.39, 0.29) is 6.61 Å². The number of hydrogen-bond acceptors (Lipinski definition) is 4. The first-order valence-corrected chi connectivity index (χ1v) is 5.84. The standard InChI is InChI=1S/C14H18O4/c1-5-17-12(15)14(3,4)13(16)18-11-9-7-6-8-10(11)2/h6-9H,5H2,1-4H3. The molecule has 0 saturated carbocycles. The van der Waals surface area contributed by atoms with Crippen LogP contribution < -0.4 is 4.74 Å². The number of para-hydroxylation sites is 1. The van der Waals surface area contributed by atoms with E-state index in [2.05, 4.69) is 0 Å². The van der Waals surface area contributed by atoms with Gasteiger partial charge in [0.05, 0.1) is 6.61 Å². The van der Waals surface area contributed by atoms with Crippen LogP contribution in [0.15, 0.2) is 24.3 Å². The van der Waals surface area contributed by atoms with Crippen molar-refractivity contribution < 1.29 is 19.1 Å². The van der Waals surface area contributed by atoms with E-state index in [1.165, 1.54) is 13.8 Å². The molecule has 0 aliphatic heterocycles. The van der Waals surface area contributed by atoms with Crippen molar-refractivity contribution in [3.05, 3.63) is 29.8 Å². The summed E-state index contributed by atoms with van der Waals surface area (Å²) in [7, 11) is 0. The van der Waals surface area contributed by atoms with Crippen LogP contribution in [-0.2, 0) is 14.3 Å². The van der Waals surface area contributed by atoms with Crippen molar-refractivity contribution in [1.29, 1.82) is 0 Å². The molecule has 0 saturated heterocycles. The van der Waals surface area contributed by atoms with Gasteiger partial charge in [0, 0.05) is 0 Å². The number of carbonyl (C=O) groups excluding carboxylic acids is 2. The van der Waals surface area contributed by atoms with E-state index in [4.69, 9.17) is 9.47 Å². The molecule has 0 bridgehead atoms. The minimum Gasteiger partial charge on any atom is -0.465 e. The minimum atomic E-state index is -1.31. The molecular formula is C14H18O4. The number of aryl methyl sites for hydroxylation is 1. The minimum absolute atomic E-state index is 0.236. The van der Waals surface area contributed by atoms with Crippen molar-refractivity contribution in [3.63, 3.8) is 0 Å². The summed E-state index contributed by atoms with van der Waals surface area (Å²) >= 11 is 0. The summed E-state index contributed by atoms with van der Waals surface area (Å²) < 4.78 is 10.1. The van der Waals surface area contributed by atoms with Crippen LogP contribution in [0.4, 0.5) is 0 Å². The van der Waals surface area contributed by atoms with Gasteiger partial charge in [-0.2, -0.15) is 0 Å². The number of rotatable bonds is 4. The second-order valence-corrected chi connectivity index (χ2v) is 4.50. The van der Waals surface area contributed by atoms with Crippen LogP contribution in [0.3, 0.4) is 0 Å². The van der Waals surface area contributed by atoms with Crippen LogP contribution >= 0.6 is 0 Å². The molecule has 0 spiro atoms. The fraction of sp³-hybridized carbons (Fsp3) is 0.429. The van der Waals surface area contributed by atoms with Crippen LogP contribution in [0, 0.1) is 12.3 Å². The molecule has 4 heteroatoms. The maximum atomic E-state index is 12.0. The fourth-order valence-electron chi connectivity index (χ4n) is 1.29. The summed E-state index contributed by atoms with van der Waals surface area (Å²) in [5.41, 5.74) is -0.469. The lowest BCUT2D eigenvalue weighted by atomic mass is 9.94. The Labute approximate surface area is 107 Å². The Hall–Kier alpha value is -1.84. The number of hydrogen-bond donors (Lipinski definition) is 0. The zero-order valence-electron chi connectivity index (χ0n) is 11.1. The lowest BCUT2D eigenvalue weighted by Gasteiger charge is -2.20. The van der Waals surface area contributed by atoms with E-state index < -0.39 is 17.4 Å². The van der Waals surface area contributed by atoms with Gasteiger partial charge in [0.2, 0.25) is 0 Å². The smallest absolute Gasteiger partial charge is 0.328 e. The van der Waals surface area contributed by atoms with Crippen LogP contribution in [0.2, 0.25) is 0 Å². The van der Waals surface area contributed by atoms with Gasteiger partial charge in [-0.05, 0) is 39.3 Å². The van der Waals surface area contributed by atoms with Gasteiger partial charge in [0.1, 0.15) is 5.75 Å². The van der Waals surface area contributed by atoms with Crippen LogP contribution in [-0.4, -0.2) is 18.5 Å². The van der Waals surface area contributed by atoms with Gasteiger partial charge in [0.15, 0.2) is 5.41 Å². The summed E-state index contributed by atoms with van der Waals surface area (Å²) in [5.74, 6) is -0.737. The number of benzene rings is 1. The second kappa shape index (κ2) is 5.67. The van der Waals surface area contributed by atoms with Gasteiger partial charge in [-0.1, -0.05) is 18.2 Å². The molecule has 1 rings (SSSR count). The van der Waals surface area contributed by atoms with Crippen molar-refractivity contribution in [2.45, 2.75) is 27.7 Å². The first-order valence-electron chi connectivity index (χ1n) is 5.84. The number of ether oxygens (including phenoxy) is 2. The quantitative estimate of drug-likeness (QED) is 0.468. The Morgan fingerprint density at radius 3 is 2.33 bits per heavy atom. The molecule has 1 aromatic carbocycles. The first-order chi connectivity index (χ1) is 8.39. The SMILES string of the molecule is CCOC(=O)C(C)(C)C(=O)Oc1ccccc1C. The number of carbonyl (C=O) groups is 2. The van der Waals surface area contributed by atoms with E-state index >= 15 is 0 Å². The molecule has 0 radical (unpaired) electrons. The lowest BCUT2D eigenvalue weighted by Crippen LogP contribution is -2.38. The fourth-order valence-corrected chi connectivity index (χ4v) is 1.29. The van der Waals surface area contributed by atoms with E-state index in [0.29, 0.717) is 5.75 Å². The summed E-state index contributed by atoms with van der Waals surface area (Å²) in [6.07, 6.45) is 0. The van der Waals surface area contributed by atoms with Gasteiger partial charge in [-0.3, -0.25) is 9.59 Å². The summed E-state index contributed by atoms with van der Waals surface area (Å²) in [6.45, 7) is 6.75. The third-order valence-corrected chi connectivity index (χ3v) is 2.59. The molecule has 0 fully saturated rings. The van der Waals surface area contributed by atoms with E-state index in [0.717, 1.165) is 5.56 Å². The van der Waals surface area contributed by atoms with Crippen molar-refractivity contribution in [1.82, 2.24) is 0 Å². The topological polar surface area (TPSA) is 52.6 Å². The predicted molar refractivity (Wildman–Crippen MR) is 67.2 cm³/mol. The zero-order valence-corrected chi connectivity index (χ0v) is 11.1. The largest absolute Gasteiger partial charge is 0.465 e. The van der Waals surface area contributed by atoms with Crippen molar-refractivity contribution >= 4 is 11.9 Å². The van der Waals surface area contributed by atoms with E-state index in [1.807, 2.05) is 19.1 Å². The highest BCUT2D eigenvalue weighted by Crippen LogP contribution is 2.24. The molecule has 0 aromatic heterocycles. The molecule has 4 nitrogen and oxygen atoms in total. The Kier molecular flexibility index (Phi) is 4.48. The van der Waals surface area contributed by atoms with Gasteiger partial charge in [0.25, 0.3) is 0 Å². The Bertz CT molecular complexity index is 449. The second-order valence-electron chi connectivity index (χ2n) is 4.50. The lowest BCUT2D eigenvalue weighted by molar-refractivity contribution is -0.164. The van der Waals surface area contributed by atoms with Crippen LogP contribution in [0.1, 0.15) is 26.3 Å². The normalized spacial score (nSPS) is 10.9. The molecule has 0 aliphatic rings. The average Bonchev–Trinajstić information content (AvgIpc) is 2.32. The van der Waals surface area contributed by atoms with E-state index in [9.17, 15) is 9.59 Å². The van der Waals surface area contributed by atoms with Gasteiger partial charge in [-0.15, -0.1) is 0 Å². The van der Waals surface area contributed by atoms with Gasteiger partial charge >= 0.3 is 11.9 Å². The van der Waals surface area contributed by atoms with Gasteiger partial charge < -0.3 is 9.47 Å². The van der Waals surface area contributed by atoms with Crippen LogP contribution in [0.5, 0.6) is 5.75 Å². The monoisotopic (exact) mass is 250 g/mol. The highest BCUT2D eigenvalue weighted by Gasteiger charge is 2.39. The molecule has 0 aliphatic carbocycles. The summed E-state index contributed by atoms with van der Waals surface area (Å²) in [4.78, 5) is 23.6. The van der Waals surface area contributed by atoms with Crippen molar-refractivity contribution in [3.8, 4) is 5.75 Å². The Morgan fingerprint density at radius 2 is 1.78 bits per heavy atom. The van der Waals surface area contributed by atoms with Crippen molar-refractivity contribution in [2.24, 2.45) is 5.41 Å². The maximum absolute atomic E-state index is 12.0. The molecular weight excluding hydrogens is 232 g/mol. The Morgan fingerprint density at radius 1 is 1.17 bits per heavy atom. The molecule has 0 heterocycles. The Balaban J connectivity index is 2.82. The third-order valence-electron chi connectivity index (χ3n) is 2.59. The molecule has 0 amide bonds. The first kappa shape index (κ1) is 14.2. The highest BCUT2D eigenvalue weighted by molar-refractivity contribution is 5.99. The van der Waals surface area contributed by atoms with Crippen molar-refractivity contribution in [2.75, 3.05) is 6.61 Å². The average molecular weight is 250 g/mol. The van der Waals surface area contributed by atoms with Gasteiger partial charge in [-0.25, -0.2) is 0 Å². The zero-order chi connectivity index (χ0) is 13.8. The highest BCUT2D eigenvalue weighted by atomic mass is 16.6. The molecule has 0 atom stereocenters.